The molecule has 1 fully saturated rings. The van der Waals surface area contributed by atoms with Gasteiger partial charge in [0.25, 0.3) is 0 Å². The van der Waals surface area contributed by atoms with E-state index < -0.39 is 10.0 Å². The van der Waals surface area contributed by atoms with Crippen LogP contribution in [0.4, 0.5) is 0 Å². The highest BCUT2D eigenvalue weighted by atomic mass is 32.2. The molecule has 0 bridgehead atoms. The Bertz CT molecular complexity index is 569. The predicted molar refractivity (Wildman–Crippen MR) is 80.1 cm³/mol. The molecule has 0 saturated heterocycles. The Balaban J connectivity index is 1.77. The lowest BCUT2D eigenvalue weighted by Crippen LogP contribution is -2.39. The summed E-state index contributed by atoms with van der Waals surface area (Å²) in [7, 11) is -3.32. The Kier molecular flexibility index (Phi) is 4.72. The second-order valence-electron chi connectivity index (χ2n) is 4.97. The maximum absolute atomic E-state index is 11.6. The summed E-state index contributed by atoms with van der Waals surface area (Å²) < 4.78 is 24.0. The Labute approximate surface area is 123 Å². The first-order valence-corrected chi connectivity index (χ1v) is 9.05. The molecule has 5 nitrogen and oxygen atoms in total. The van der Waals surface area contributed by atoms with E-state index >= 15 is 0 Å². The third kappa shape index (κ3) is 5.15. The standard InChI is InChI=1S/C13H18N2O3S2/c1-20(17,18)15-9-12(16)14-10-13(7-8-13)19-11-5-3-2-4-6-11/h2-6,15H,7-10H2,1H3,(H,14,16). The van der Waals surface area contributed by atoms with Crippen LogP contribution in [0.5, 0.6) is 0 Å². The fourth-order valence-electron chi connectivity index (χ4n) is 1.71. The number of carbonyl (C=O) groups is 1. The molecule has 110 valence electrons. The van der Waals surface area contributed by atoms with E-state index in [0.29, 0.717) is 6.54 Å². The van der Waals surface area contributed by atoms with Crippen molar-refractivity contribution in [1.82, 2.24) is 10.0 Å². The van der Waals surface area contributed by atoms with Crippen LogP contribution in [0.1, 0.15) is 12.8 Å². The monoisotopic (exact) mass is 314 g/mol. The molecule has 2 N–H and O–H groups in total. The van der Waals surface area contributed by atoms with Gasteiger partial charge in [-0.2, -0.15) is 0 Å². The summed E-state index contributed by atoms with van der Waals surface area (Å²) >= 11 is 1.77. The van der Waals surface area contributed by atoms with Crippen LogP contribution < -0.4 is 10.0 Å². The predicted octanol–water partition coefficient (Wildman–Crippen LogP) is 0.977. The Morgan fingerprint density at radius 2 is 1.95 bits per heavy atom. The molecule has 0 spiro atoms. The molecule has 1 aliphatic carbocycles. The van der Waals surface area contributed by atoms with Crippen molar-refractivity contribution in [3.63, 3.8) is 0 Å². The number of carbonyl (C=O) groups excluding carboxylic acids is 1. The molecule has 1 saturated carbocycles. The van der Waals surface area contributed by atoms with Gasteiger partial charge in [0.2, 0.25) is 15.9 Å². The van der Waals surface area contributed by atoms with Gasteiger partial charge in [0.05, 0.1) is 12.8 Å². The summed E-state index contributed by atoms with van der Waals surface area (Å²) in [5.41, 5.74) is 0. The average molecular weight is 314 g/mol. The first-order chi connectivity index (χ1) is 9.39. The molecular formula is C13H18N2O3S2. The van der Waals surface area contributed by atoms with Gasteiger partial charge in [-0.3, -0.25) is 4.79 Å². The molecule has 0 heterocycles. The van der Waals surface area contributed by atoms with E-state index in [9.17, 15) is 13.2 Å². The van der Waals surface area contributed by atoms with Crippen LogP contribution in [0.3, 0.4) is 0 Å². The highest BCUT2D eigenvalue weighted by molar-refractivity contribution is 8.01. The van der Waals surface area contributed by atoms with Gasteiger partial charge in [-0.25, -0.2) is 13.1 Å². The number of sulfonamides is 1. The minimum Gasteiger partial charge on any atom is -0.354 e. The molecular weight excluding hydrogens is 296 g/mol. The fraction of sp³-hybridized carbons (Fsp3) is 0.462. The molecule has 0 aromatic heterocycles. The largest absolute Gasteiger partial charge is 0.354 e. The highest BCUT2D eigenvalue weighted by Crippen LogP contribution is 2.51. The summed E-state index contributed by atoms with van der Waals surface area (Å²) in [5, 5.41) is 2.79. The lowest BCUT2D eigenvalue weighted by Gasteiger charge is -2.15. The summed E-state index contributed by atoms with van der Waals surface area (Å²) in [4.78, 5) is 12.8. The molecule has 20 heavy (non-hydrogen) atoms. The zero-order valence-corrected chi connectivity index (χ0v) is 12.9. The Morgan fingerprint density at radius 1 is 1.30 bits per heavy atom. The topological polar surface area (TPSA) is 75.3 Å². The molecule has 0 aliphatic heterocycles. The second-order valence-corrected chi connectivity index (χ2v) is 8.34. The van der Waals surface area contributed by atoms with Crippen LogP contribution >= 0.6 is 11.8 Å². The Hall–Kier alpha value is -1.05. The van der Waals surface area contributed by atoms with Crippen molar-refractivity contribution in [2.75, 3.05) is 19.3 Å². The maximum Gasteiger partial charge on any atom is 0.235 e. The number of amides is 1. The van der Waals surface area contributed by atoms with Crippen LogP contribution in [0.25, 0.3) is 0 Å². The van der Waals surface area contributed by atoms with E-state index in [0.717, 1.165) is 19.1 Å². The number of rotatable bonds is 7. The zero-order valence-electron chi connectivity index (χ0n) is 11.3. The molecule has 1 aromatic carbocycles. The molecule has 1 amide bonds. The first-order valence-electron chi connectivity index (χ1n) is 6.34. The van der Waals surface area contributed by atoms with Crippen molar-refractivity contribution in [1.29, 1.82) is 0 Å². The summed E-state index contributed by atoms with van der Waals surface area (Å²) in [6.07, 6.45) is 3.16. The highest BCUT2D eigenvalue weighted by Gasteiger charge is 2.43. The van der Waals surface area contributed by atoms with Gasteiger partial charge in [0.15, 0.2) is 0 Å². The Morgan fingerprint density at radius 3 is 2.50 bits per heavy atom. The second kappa shape index (κ2) is 6.15. The van der Waals surface area contributed by atoms with Crippen LogP contribution in [0.2, 0.25) is 0 Å². The van der Waals surface area contributed by atoms with Crippen LogP contribution in [0.15, 0.2) is 35.2 Å². The van der Waals surface area contributed by atoms with Gasteiger partial charge in [0, 0.05) is 16.2 Å². The average Bonchev–Trinajstić information content (AvgIpc) is 3.15. The molecule has 0 radical (unpaired) electrons. The van der Waals surface area contributed by atoms with Crippen molar-refractivity contribution < 1.29 is 13.2 Å². The third-order valence-electron chi connectivity index (χ3n) is 2.99. The van der Waals surface area contributed by atoms with Gasteiger partial charge in [-0.15, -0.1) is 11.8 Å². The van der Waals surface area contributed by atoms with Gasteiger partial charge in [0.1, 0.15) is 0 Å². The number of hydrogen-bond acceptors (Lipinski definition) is 4. The smallest absolute Gasteiger partial charge is 0.235 e. The van der Waals surface area contributed by atoms with Crippen molar-refractivity contribution in [3.8, 4) is 0 Å². The molecule has 1 aromatic rings. The molecule has 2 rings (SSSR count). The van der Waals surface area contributed by atoms with Gasteiger partial charge >= 0.3 is 0 Å². The fourth-order valence-corrected chi connectivity index (χ4v) is 3.35. The van der Waals surface area contributed by atoms with E-state index in [-0.39, 0.29) is 17.2 Å². The zero-order chi connectivity index (χ0) is 14.6. The molecule has 0 unspecified atom stereocenters. The van der Waals surface area contributed by atoms with Crippen LogP contribution in [-0.4, -0.2) is 38.4 Å². The van der Waals surface area contributed by atoms with Crippen molar-refractivity contribution in [2.24, 2.45) is 0 Å². The summed E-state index contributed by atoms with van der Waals surface area (Å²) in [5.74, 6) is -0.296. The third-order valence-corrected chi connectivity index (χ3v) is 5.15. The van der Waals surface area contributed by atoms with Gasteiger partial charge in [-0.05, 0) is 25.0 Å². The van der Waals surface area contributed by atoms with E-state index in [4.69, 9.17) is 0 Å². The normalized spacial score (nSPS) is 16.6. The van der Waals surface area contributed by atoms with Gasteiger partial charge in [-0.1, -0.05) is 18.2 Å². The number of thioether (sulfide) groups is 1. The lowest BCUT2D eigenvalue weighted by atomic mass is 10.4. The van der Waals surface area contributed by atoms with Crippen molar-refractivity contribution >= 4 is 27.7 Å². The van der Waals surface area contributed by atoms with E-state index in [1.54, 1.807) is 11.8 Å². The number of benzene rings is 1. The quantitative estimate of drug-likeness (QED) is 0.786. The SMILES string of the molecule is CS(=O)(=O)NCC(=O)NCC1(Sc2ccccc2)CC1. The van der Waals surface area contributed by atoms with Crippen LogP contribution in [-0.2, 0) is 14.8 Å². The number of hydrogen-bond donors (Lipinski definition) is 2. The minimum atomic E-state index is -3.32. The van der Waals surface area contributed by atoms with E-state index in [2.05, 4.69) is 22.2 Å². The molecule has 1 aliphatic rings. The first kappa shape index (κ1) is 15.3. The summed E-state index contributed by atoms with van der Waals surface area (Å²) in [6.45, 7) is 0.363. The number of nitrogens with one attached hydrogen (secondary N) is 2. The lowest BCUT2D eigenvalue weighted by molar-refractivity contribution is -0.119. The summed E-state index contributed by atoms with van der Waals surface area (Å²) in [6, 6.07) is 10.1. The minimum absolute atomic E-state index is 0.0715. The van der Waals surface area contributed by atoms with E-state index in [1.807, 2.05) is 18.2 Å². The van der Waals surface area contributed by atoms with Gasteiger partial charge < -0.3 is 5.32 Å². The maximum atomic E-state index is 11.6. The van der Waals surface area contributed by atoms with Crippen LogP contribution in [0, 0.1) is 0 Å². The molecule has 7 heteroatoms. The van der Waals surface area contributed by atoms with Crippen molar-refractivity contribution in [3.05, 3.63) is 30.3 Å². The molecule has 0 atom stereocenters. The van der Waals surface area contributed by atoms with Crippen molar-refractivity contribution in [2.45, 2.75) is 22.5 Å². The van der Waals surface area contributed by atoms with E-state index in [1.165, 1.54) is 4.90 Å².